The SMILES string of the molecule is CC(C)Cn1ncnc1CC(N)C(C)(C)N1CCCC1. The van der Waals surface area contributed by atoms with Gasteiger partial charge in [-0.1, -0.05) is 13.8 Å². The van der Waals surface area contributed by atoms with Gasteiger partial charge in [0.1, 0.15) is 12.2 Å². The summed E-state index contributed by atoms with van der Waals surface area (Å²) in [6, 6.07) is 0.0794. The molecule has 2 heterocycles. The summed E-state index contributed by atoms with van der Waals surface area (Å²) in [5.74, 6) is 1.58. The van der Waals surface area contributed by atoms with Gasteiger partial charge in [0.25, 0.3) is 0 Å². The summed E-state index contributed by atoms with van der Waals surface area (Å²) >= 11 is 0. The van der Waals surface area contributed by atoms with Crippen molar-refractivity contribution in [2.45, 2.75) is 65.1 Å². The zero-order valence-corrected chi connectivity index (χ0v) is 13.3. The molecule has 1 atom stereocenters. The van der Waals surface area contributed by atoms with Gasteiger partial charge in [-0.05, 0) is 45.7 Å². The van der Waals surface area contributed by atoms with E-state index < -0.39 is 0 Å². The van der Waals surface area contributed by atoms with Crippen LogP contribution in [0.5, 0.6) is 0 Å². The van der Waals surface area contributed by atoms with Crippen LogP contribution < -0.4 is 5.73 Å². The highest BCUT2D eigenvalue weighted by Gasteiger charge is 2.35. The van der Waals surface area contributed by atoms with Gasteiger partial charge in [0.05, 0.1) is 0 Å². The number of nitrogens with zero attached hydrogens (tertiary/aromatic N) is 4. The average Bonchev–Trinajstić information content (AvgIpc) is 3.00. The molecule has 0 saturated carbocycles. The minimum Gasteiger partial charge on any atom is -0.326 e. The maximum atomic E-state index is 6.50. The van der Waals surface area contributed by atoms with Gasteiger partial charge in [-0.2, -0.15) is 5.10 Å². The minimum absolute atomic E-state index is 0.0190. The smallest absolute Gasteiger partial charge is 0.138 e. The topological polar surface area (TPSA) is 60.0 Å². The molecule has 1 aromatic heterocycles. The van der Waals surface area contributed by atoms with Crippen LogP contribution in [0.1, 0.15) is 46.4 Å². The van der Waals surface area contributed by atoms with Gasteiger partial charge in [0.2, 0.25) is 0 Å². The number of hydrogen-bond donors (Lipinski definition) is 1. The van der Waals surface area contributed by atoms with Crippen molar-refractivity contribution in [3.63, 3.8) is 0 Å². The first-order valence-electron chi connectivity index (χ1n) is 7.78. The minimum atomic E-state index is 0.0190. The Bertz CT molecular complexity index is 418. The molecule has 1 aliphatic rings. The van der Waals surface area contributed by atoms with Gasteiger partial charge in [-0.3, -0.25) is 4.90 Å². The Balaban J connectivity index is 2.03. The number of hydrogen-bond acceptors (Lipinski definition) is 4. The highest BCUT2D eigenvalue weighted by Crippen LogP contribution is 2.24. The van der Waals surface area contributed by atoms with E-state index in [0.717, 1.165) is 18.8 Å². The van der Waals surface area contributed by atoms with Crippen molar-refractivity contribution in [3.05, 3.63) is 12.2 Å². The lowest BCUT2D eigenvalue weighted by Gasteiger charge is -2.40. The third kappa shape index (κ3) is 3.38. The molecule has 0 amide bonds. The van der Waals surface area contributed by atoms with Crippen molar-refractivity contribution in [2.24, 2.45) is 11.7 Å². The highest BCUT2D eigenvalue weighted by atomic mass is 15.3. The van der Waals surface area contributed by atoms with E-state index in [9.17, 15) is 0 Å². The molecule has 1 saturated heterocycles. The summed E-state index contributed by atoms with van der Waals surface area (Å²) in [4.78, 5) is 6.92. The van der Waals surface area contributed by atoms with Crippen LogP contribution in [-0.4, -0.2) is 44.3 Å². The molecule has 0 spiro atoms. The molecule has 0 aromatic carbocycles. The second-order valence-corrected chi connectivity index (χ2v) is 6.91. The van der Waals surface area contributed by atoms with Crippen LogP contribution in [0.4, 0.5) is 0 Å². The second kappa shape index (κ2) is 6.22. The molecular weight excluding hydrogens is 250 g/mol. The Morgan fingerprint density at radius 2 is 1.95 bits per heavy atom. The quantitative estimate of drug-likeness (QED) is 0.860. The van der Waals surface area contributed by atoms with Crippen LogP contribution in [0, 0.1) is 5.92 Å². The number of likely N-dealkylation sites (tertiary alicyclic amines) is 1. The first kappa shape index (κ1) is 15.4. The second-order valence-electron chi connectivity index (χ2n) is 6.91. The van der Waals surface area contributed by atoms with Crippen molar-refractivity contribution in [3.8, 4) is 0 Å². The maximum Gasteiger partial charge on any atom is 0.138 e. The largest absolute Gasteiger partial charge is 0.326 e. The monoisotopic (exact) mass is 279 g/mol. The molecule has 1 aromatic rings. The lowest BCUT2D eigenvalue weighted by Crippen LogP contribution is -2.56. The lowest BCUT2D eigenvalue weighted by molar-refractivity contribution is 0.122. The first-order chi connectivity index (χ1) is 9.41. The van der Waals surface area contributed by atoms with E-state index in [1.807, 2.05) is 4.68 Å². The van der Waals surface area contributed by atoms with Gasteiger partial charge in [0, 0.05) is 24.5 Å². The van der Waals surface area contributed by atoms with Gasteiger partial charge < -0.3 is 5.73 Å². The zero-order chi connectivity index (χ0) is 14.8. The summed E-state index contributed by atoms with van der Waals surface area (Å²) in [5.41, 5.74) is 6.52. The molecule has 2 N–H and O–H groups in total. The summed E-state index contributed by atoms with van der Waals surface area (Å²) in [6.07, 6.45) is 5.02. The number of aromatic nitrogens is 3. The summed E-state index contributed by atoms with van der Waals surface area (Å²) in [5, 5.41) is 4.33. The van der Waals surface area contributed by atoms with Gasteiger partial charge in [-0.25, -0.2) is 9.67 Å². The summed E-state index contributed by atoms with van der Waals surface area (Å²) in [6.45, 7) is 12.1. The Labute approximate surface area is 122 Å². The van der Waals surface area contributed by atoms with Crippen LogP contribution in [0.3, 0.4) is 0 Å². The molecule has 114 valence electrons. The van der Waals surface area contributed by atoms with Crippen molar-refractivity contribution in [1.82, 2.24) is 19.7 Å². The summed E-state index contributed by atoms with van der Waals surface area (Å²) < 4.78 is 2.00. The van der Waals surface area contributed by atoms with Crippen LogP contribution in [0.25, 0.3) is 0 Å². The molecule has 0 bridgehead atoms. The highest BCUT2D eigenvalue weighted by molar-refractivity contribution is 5.00. The van der Waals surface area contributed by atoms with E-state index in [1.165, 1.54) is 25.9 Å². The number of nitrogens with two attached hydrogens (primary N) is 1. The molecule has 5 heteroatoms. The van der Waals surface area contributed by atoms with Gasteiger partial charge in [0.15, 0.2) is 0 Å². The van der Waals surface area contributed by atoms with Gasteiger partial charge >= 0.3 is 0 Å². The molecule has 1 fully saturated rings. The van der Waals surface area contributed by atoms with Crippen molar-refractivity contribution in [2.75, 3.05) is 13.1 Å². The van der Waals surface area contributed by atoms with Crippen LogP contribution in [-0.2, 0) is 13.0 Å². The van der Waals surface area contributed by atoms with E-state index in [-0.39, 0.29) is 11.6 Å². The Morgan fingerprint density at radius 1 is 1.30 bits per heavy atom. The van der Waals surface area contributed by atoms with E-state index in [4.69, 9.17) is 5.73 Å². The van der Waals surface area contributed by atoms with Crippen LogP contribution >= 0.6 is 0 Å². The fourth-order valence-corrected chi connectivity index (χ4v) is 2.92. The van der Waals surface area contributed by atoms with Crippen LogP contribution in [0.2, 0.25) is 0 Å². The zero-order valence-electron chi connectivity index (χ0n) is 13.3. The Hall–Kier alpha value is -0.940. The predicted octanol–water partition coefficient (Wildman–Crippen LogP) is 1.68. The molecule has 5 nitrogen and oxygen atoms in total. The predicted molar refractivity (Wildman–Crippen MR) is 81.4 cm³/mol. The maximum absolute atomic E-state index is 6.50. The standard InChI is InChI=1S/C15H29N5/c1-12(2)10-20-14(17-11-18-20)9-13(16)15(3,4)19-7-5-6-8-19/h11-13H,5-10,16H2,1-4H3. The van der Waals surface area contributed by atoms with E-state index >= 15 is 0 Å². The Morgan fingerprint density at radius 3 is 2.55 bits per heavy atom. The molecular formula is C15H29N5. The first-order valence-corrected chi connectivity index (χ1v) is 7.78. The lowest BCUT2D eigenvalue weighted by atomic mass is 9.90. The van der Waals surface area contributed by atoms with Crippen molar-refractivity contribution in [1.29, 1.82) is 0 Å². The molecule has 0 radical (unpaired) electrons. The molecule has 2 rings (SSSR count). The molecule has 0 aliphatic carbocycles. The molecule has 1 unspecified atom stereocenters. The molecule has 20 heavy (non-hydrogen) atoms. The third-order valence-electron chi connectivity index (χ3n) is 4.46. The summed E-state index contributed by atoms with van der Waals surface area (Å²) in [7, 11) is 0. The van der Waals surface area contributed by atoms with E-state index in [1.54, 1.807) is 6.33 Å². The van der Waals surface area contributed by atoms with Crippen LogP contribution in [0.15, 0.2) is 6.33 Å². The van der Waals surface area contributed by atoms with Crippen molar-refractivity contribution < 1.29 is 0 Å². The fraction of sp³-hybridized carbons (Fsp3) is 0.867. The molecule has 1 aliphatic heterocycles. The average molecular weight is 279 g/mol. The van der Waals surface area contributed by atoms with E-state index in [2.05, 4.69) is 42.7 Å². The van der Waals surface area contributed by atoms with Crippen molar-refractivity contribution >= 4 is 0 Å². The normalized spacial score (nSPS) is 18.9. The number of rotatable bonds is 6. The fourth-order valence-electron chi connectivity index (χ4n) is 2.92. The third-order valence-corrected chi connectivity index (χ3v) is 4.46. The Kier molecular flexibility index (Phi) is 4.81. The van der Waals surface area contributed by atoms with E-state index in [0.29, 0.717) is 5.92 Å². The van der Waals surface area contributed by atoms with Gasteiger partial charge in [-0.15, -0.1) is 0 Å².